The summed E-state index contributed by atoms with van der Waals surface area (Å²) in [4.78, 5) is 2.52. The van der Waals surface area contributed by atoms with Gasteiger partial charge in [-0.05, 0) is 31.9 Å². The van der Waals surface area contributed by atoms with Crippen molar-refractivity contribution < 1.29 is 0 Å². The summed E-state index contributed by atoms with van der Waals surface area (Å²) in [5, 5.41) is 0.910. The summed E-state index contributed by atoms with van der Waals surface area (Å²) in [6, 6.07) is 7.14. The molecule has 82 valence electrons. The molecule has 1 aliphatic rings. The van der Waals surface area contributed by atoms with Crippen molar-refractivity contribution in [2.45, 2.75) is 31.1 Å². The second-order valence-electron chi connectivity index (χ2n) is 4.06. The smallest absolute Gasteiger partial charge is 0.0421 e. The highest BCUT2D eigenvalue weighted by molar-refractivity contribution is 9.10. The van der Waals surface area contributed by atoms with Gasteiger partial charge in [-0.3, -0.25) is 0 Å². The molecule has 1 nitrogen and oxygen atoms in total. The lowest BCUT2D eigenvalue weighted by Gasteiger charge is -2.26. The van der Waals surface area contributed by atoms with Gasteiger partial charge < -0.3 is 4.90 Å². The van der Waals surface area contributed by atoms with Gasteiger partial charge in [0.25, 0.3) is 0 Å². The van der Waals surface area contributed by atoms with Crippen LogP contribution in [0.1, 0.15) is 25.3 Å². The molecule has 0 aliphatic carbocycles. The largest absolute Gasteiger partial charge is 0.369 e. The molecular weight excluding hydrogens is 318 g/mol. The van der Waals surface area contributed by atoms with Crippen LogP contribution in [0.25, 0.3) is 0 Å². The SMILES string of the molecule is CC1CCCN1c1cccc(Br)c1CBr. The Bertz CT molecular complexity index is 351. The lowest BCUT2D eigenvalue weighted by Crippen LogP contribution is -2.27. The first-order valence-corrected chi connectivity index (χ1v) is 7.25. The normalized spacial score (nSPS) is 21.0. The molecule has 0 aromatic heterocycles. The molecule has 1 aromatic rings. The maximum absolute atomic E-state index is 3.62. The number of alkyl halides is 1. The van der Waals surface area contributed by atoms with Crippen LogP contribution in [-0.4, -0.2) is 12.6 Å². The highest BCUT2D eigenvalue weighted by Gasteiger charge is 2.22. The molecule has 2 rings (SSSR count). The average Bonchev–Trinajstić information content (AvgIpc) is 2.64. The van der Waals surface area contributed by atoms with Gasteiger partial charge in [0, 0.05) is 33.6 Å². The number of rotatable bonds is 2. The average molecular weight is 333 g/mol. The molecule has 1 saturated heterocycles. The Morgan fingerprint density at radius 2 is 2.27 bits per heavy atom. The van der Waals surface area contributed by atoms with E-state index >= 15 is 0 Å². The van der Waals surface area contributed by atoms with Gasteiger partial charge in [0.2, 0.25) is 0 Å². The Morgan fingerprint density at radius 1 is 1.47 bits per heavy atom. The summed E-state index contributed by atoms with van der Waals surface area (Å²) in [5.41, 5.74) is 2.75. The maximum atomic E-state index is 3.62. The van der Waals surface area contributed by atoms with Crippen LogP contribution in [0.15, 0.2) is 22.7 Å². The van der Waals surface area contributed by atoms with Gasteiger partial charge in [-0.1, -0.05) is 37.9 Å². The van der Waals surface area contributed by atoms with Crippen LogP contribution in [0.2, 0.25) is 0 Å². The fourth-order valence-corrected chi connectivity index (χ4v) is 3.70. The lowest BCUT2D eigenvalue weighted by atomic mass is 10.1. The van der Waals surface area contributed by atoms with Gasteiger partial charge in [0.05, 0.1) is 0 Å². The fourth-order valence-electron chi connectivity index (χ4n) is 2.24. The first-order chi connectivity index (χ1) is 7.24. The molecule has 1 fully saturated rings. The minimum Gasteiger partial charge on any atom is -0.369 e. The van der Waals surface area contributed by atoms with Crippen LogP contribution in [0, 0.1) is 0 Å². The molecule has 0 N–H and O–H groups in total. The molecule has 1 unspecified atom stereocenters. The van der Waals surface area contributed by atoms with E-state index in [0.29, 0.717) is 6.04 Å². The zero-order valence-electron chi connectivity index (χ0n) is 8.84. The topological polar surface area (TPSA) is 3.24 Å². The van der Waals surface area contributed by atoms with E-state index in [2.05, 4.69) is 61.9 Å². The van der Waals surface area contributed by atoms with E-state index in [1.165, 1.54) is 35.1 Å². The van der Waals surface area contributed by atoms with Crippen LogP contribution in [0.5, 0.6) is 0 Å². The molecule has 0 spiro atoms. The Kier molecular flexibility index (Phi) is 3.73. The number of hydrogen-bond acceptors (Lipinski definition) is 1. The summed E-state index contributed by atoms with van der Waals surface area (Å²) in [5.74, 6) is 0. The molecule has 3 heteroatoms. The standard InChI is InChI=1S/C12H15Br2N/c1-9-4-3-7-15(9)12-6-2-5-11(14)10(12)8-13/h2,5-6,9H,3-4,7-8H2,1H3. The minimum absolute atomic E-state index is 0.678. The van der Waals surface area contributed by atoms with Crippen LogP contribution < -0.4 is 4.90 Å². The third kappa shape index (κ3) is 2.23. The summed E-state index contributed by atoms with van der Waals surface area (Å²) in [7, 11) is 0. The first kappa shape index (κ1) is 11.5. The first-order valence-electron chi connectivity index (χ1n) is 5.34. The number of benzene rings is 1. The van der Waals surface area contributed by atoms with E-state index in [4.69, 9.17) is 0 Å². The summed E-state index contributed by atoms with van der Waals surface area (Å²) in [6.45, 7) is 3.50. The zero-order chi connectivity index (χ0) is 10.8. The van der Waals surface area contributed by atoms with Crippen molar-refractivity contribution in [1.82, 2.24) is 0 Å². The predicted octanol–water partition coefficient (Wildman–Crippen LogP) is 4.33. The van der Waals surface area contributed by atoms with E-state index in [-0.39, 0.29) is 0 Å². The Balaban J connectivity index is 2.38. The van der Waals surface area contributed by atoms with Crippen molar-refractivity contribution in [3.63, 3.8) is 0 Å². The van der Waals surface area contributed by atoms with Crippen LogP contribution in [-0.2, 0) is 5.33 Å². The molecule has 1 heterocycles. The highest BCUT2D eigenvalue weighted by Crippen LogP contribution is 2.33. The van der Waals surface area contributed by atoms with Crippen LogP contribution in [0.3, 0.4) is 0 Å². The van der Waals surface area contributed by atoms with E-state index < -0.39 is 0 Å². The van der Waals surface area contributed by atoms with E-state index in [1.807, 2.05) is 0 Å². The summed E-state index contributed by atoms with van der Waals surface area (Å²) < 4.78 is 1.20. The van der Waals surface area contributed by atoms with Crippen molar-refractivity contribution in [3.05, 3.63) is 28.2 Å². The third-order valence-electron chi connectivity index (χ3n) is 3.09. The lowest BCUT2D eigenvalue weighted by molar-refractivity contribution is 0.733. The van der Waals surface area contributed by atoms with Gasteiger partial charge in [-0.2, -0.15) is 0 Å². The van der Waals surface area contributed by atoms with Crippen molar-refractivity contribution in [2.75, 3.05) is 11.4 Å². The molecule has 0 radical (unpaired) electrons. The van der Waals surface area contributed by atoms with Gasteiger partial charge >= 0.3 is 0 Å². The van der Waals surface area contributed by atoms with Gasteiger partial charge in [-0.15, -0.1) is 0 Å². The Labute approximate surface area is 108 Å². The van der Waals surface area contributed by atoms with Crippen molar-refractivity contribution in [3.8, 4) is 0 Å². The van der Waals surface area contributed by atoms with Gasteiger partial charge in [-0.25, -0.2) is 0 Å². The predicted molar refractivity (Wildman–Crippen MR) is 72.8 cm³/mol. The molecule has 0 bridgehead atoms. The fraction of sp³-hybridized carbons (Fsp3) is 0.500. The zero-order valence-corrected chi connectivity index (χ0v) is 12.0. The van der Waals surface area contributed by atoms with Crippen molar-refractivity contribution in [2.24, 2.45) is 0 Å². The number of nitrogens with zero attached hydrogens (tertiary/aromatic N) is 1. The van der Waals surface area contributed by atoms with Crippen molar-refractivity contribution >= 4 is 37.5 Å². The van der Waals surface area contributed by atoms with Gasteiger partial charge in [0.1, 0.15) is 0 Å². The van der Waals surface area contributed by atoms with Crippen molar-refractivity contribution in [1.29, 1.82) is 0 Å². The van der Waals surface area contributed by atoms with E-state index in [0.717, 1.165) is 5.33 Å². The van der Waals surface area contributed by atoms with Crippen LogP contribution in [0.4, 0.5) is 5.69 Å². The Hall–Kier alpha value is -0.0200. The molecule has 0 saturated carbocycles. The highest BCUT2D eigenvalue weighted by atomic mass is 79.9. The third-order valence-corrected chi connectivity index (χ3v) is 4.39. The molecule has 1 aromatic carbocycles. The number of hydrogen-bond donors (Lipinski definition) is 0. The monoisotopic (exact) mass is 331 g/mol. The minimum atomic E-state index is 0.678. The molecule has 1 aliphatic heterocycles. The number of anilines is 1. The molecule has 1 atom stereocenters. The summed E-state index contributed by atoms with van der Waals surface area (Å²) in [6.07, 6.45) is 2.63. The van der Waals surface area contributed by atoms with E-state index in [9.17, 15) is 0 Å². The molecule has 0 amide bonds. The second-order valence-corrected chi connectivity index (χ2v) is 5.47. The van der Waals surface area contributed by atoms with E-state index in [1.54, 1.807) is 0 Å². The second kappa shape index (κ2) is 4.88. The quantitative estimate of drug-likeness (QED) is 0.728. The summed E-state index contributed by atoms with van der Waals surface area (Å²) >= 11 is 7.19. The molecular formula is C12H15Br2N. The Morgan fingerprint density at radius 3 is 2.87 bits per heavy atom. The number of halogens is 2. The molecule has 15 heavy (non-hydrogen) atoms. The van der Waals surface area contributed by atoms with Gasteiger partial charge in [0.15, 0.2) is 0 Å². The maximum Gasteiger partial charge on any atom is 0.0421 e. The van der Waals surface area contributed by atoms with Crippen LogP contribution >= 0.6 is 31.9 Å².